The van der Waals surface area contributed by atoms with E-state index in [1.165, 1.54) is 31.0 Å². The molecule has 0 unspecified atom stereocenters. The zero-order valence-corrected chi connectivity index (χ0v) is 21.3. The van der Waals surface area contributed by atoms with Gasteiger partial charge in [0.1, 0.15) is 6.61 Å². The maximum absolute atomic E-state index is 12.5. The molecule has 1 N–H and O–H groups in total. The number of ether oxygens (including phenoxy) is 2. The largest absolute Gasteiger partial charge is 0.493 e. The third kappa shape index (κ3) is 6.21. The summed E-state index contributed by atoms with van der Waals surface area (Å²) in [5.41, 5.74) is 2.18. The predicted molar refractivity (Wildman–Crippen MR) is 140 cm³/mol. The van der Waals surface area contributed by atoms with Crippen molar-refractivity contribution >= 4 is 67.8 Å². The molecule has 0 saturated carbocycles. The Bertz CT molecular complexity index is 1340. The summed E-state index contributed by atoms with van der Waals surface area (Å²) in [4.78, 5) is 27.7. The Labute approximate surface area is 218 Å². The van der Waals surface area contributed by atoms with E-state index < -0.39 is 4.92 Å². The number of hydrogen-bond acceptors (Lipinski definition) is 7. The number of nitrogens with one attached hydrogen (secondary N) is 1. The highest BCUT2D eigenvalue weighted by atomic mass is 79.9. The standard InChI is InChI=1S/C24H17BrClN3O5S/c1-33-20-11-15(10-19(25)22(20)34-13-14-2-8-18(9-3-14)29(31)32)12-21-23(30)28-24(35-21)27-17-6-4-16(26)5-7-17/h2-12H,13H2,1H3,(H,27,28,30)/b21-12-. The molecule has 1 aliphatic rings. The average Bonchev–Trinajstić information content (AvgIpc) is 3.18. The molecule has 3 aromatic rings. The molecule has 35 heavy (non-hydrogen) atoms. The van der Waals surface area contributed by atoms with Gasteiger partial charge in [0, 0.05) is 17.2 Å². The smallest absolute Gasteiger partial charge is 0.269 e. The van der Waals surface area contributed by atoms with Crippen molar-refractivity contribution < 1.29 is 19.2 Å². The quantitative estimate of drug-likeness (QED) is 0.197. The fourth-order valence-corrected chi connectivity index (χ4v) is 4.64. The predicted octanol–water partition coefficient (Wildman–Crippen LogP) is 6.49. The topological polar surface area (TPSA) is 103 Å². The number of amidine groups is 1. The Hall–Kier alpha value is -3.34. The molecule has 4 rings (SSSR count). The van der Waals surface area contributed by atoms with Crippen LogP contribution in [0.15, 0.2) is 75.0 Å². The van der Waals surface area contributed by atoms with Crippen molar-refractivity contribution in [2.75, 3.05) is 7.11 Å². The van der Waals surface area contributed by atoms with Crippen molar-refractivity contribution in [3.63, 3.8) is 0 Å². The molecule has 0 radical (unpaired) electrons. The highest BCUT2D eigenvalue weighted by Gasteiger charge is 2.24. The molecule has 1 saturated heterocycles. The summed E-state index contributed by atoms with van der Waals surface area (Å²) in [5.74, 6) is 0.685. The lowest BCUT2D eigenvalue weighted by Crippen LogP contribution is -2.19. The summed E-state index contributed by atoms with van der Waals surface area (Å²) in [6.45, 7) is 0.191. The molecular weight excluding hydrogens is 558 g/mol. The molecule has 8 nitrogen and oxygen atoms in total. The Morgan fingerprint density at radius 2 is 1.89 bits per heavy atom. The minimum atomic E-state index is -0.452. The SMILES string of the molecule is COc1cc(/C=C2\SC(=Nc3ccc(Cl)cc3)NC2=O)cc(Br)c1OCc1ccc([N+](=O)[O-])cc1. The first kappa shape index (κ1) is 24.8. The zero-order valence-electron chi connectivity index (χ0n) is 18.2. The van der Waals surface area contributed by atoms with E-state index in [0.29, 0.717) is 36.8 Å². The van der Waals surface area contributed by atoms with E-state index in [9.17, 15) is 14.9 Å². The van der Waals surface area contributed by atoms with Crippen LogP contribution < -0.4 is 14.8 Å². The van der Waals surface area contributed by atoms with E-state index >= 15 is 0 Å². The number of rotatable bonds is 7. The monoisotopic (exact) mass is 573 g/mol. The maximum Gasteiger partial charge on any atom is 0.269 e. The van der Waals surface area contributed by atoms with E-state index in [-0.39, 0.29) is 18.2 Å². The number of thioether (sulfide) groups is 1. The number of aliphatic imine (C=N–C) groups is 1. The second kappa shape index (κ2) is 10.9. The minimum absolute atomic E-state index is 0.0140. The van der Waals surface area contributed by atoms with Gasteiger partial charge in [-0.15, -0.1) is 0 Å². The summed E-state index contributed by atoms with van der Waals surface area (Å²) in [5, 5.41) is 14.6. The van der Waals surface area contributed by atoms with Gasteiger partial charge in [0.25, 0.3) is 11.6 Å². The van der Waals surface area contributed by atoms with Crippen LogP contribution in [-0.2, 0) is 11.4 Å². The Morgan fingerprint density at radius 1 is 1.17 bits per heavy atom. The number of halogens is 2. The van der Waals surface area contributed by atoms with Gasteiger partial charge in [0.05, 0.1) is 27.1 Å². The summed E-state index contributed by atoms with van der Waals surface area (Å²) < 4.78 is 12.0. The van der Waals surface area contributed by atoms with Crippen LogP contribution in [0.4, 0.5) is 11.4 Å². The molecule has 11 heteroatoms. The molecule has 0 aromatic heterocycles. The Balaban J connectivity index is 1.50. The van der Waals surface area contributed by atoms with Crippen molar-refractivity contribution in [1.82, 2.24) is 5.32 Å². The summed E-state index contributed by atoms with van der Waals surface area (Å²) >= 11 is 10.6. The fraction of sp³-hybridized carbons (Fsp3) is 0.0833. The first-order valence-electron chi connectivity index (χ1n) is 10.1. The van der Waals surface area contributed by atoms with Crippen molar-refractivity contribution in [2.24, 2.45) is 4.99 Å². The number of nitro groups is 1. The van der Waals surface area contributed by atoms with Gasteiger partial charge in [-0.3, -0.25) is 14.9 Å². The number of carbonyl (C=O) groups excluding carboxylic acids is 1. The van der Waals surface area contributed by atoms with E-state index in [1.54, 1.807) is 48.5 Å². The molecule has 3 aromatic carbocycles. The van der Waals surface area contributed by atoms with E-state index in [2.05, 4.69) is 26.2 Å². The van der Waals surface area contributed by atoms with Crippen molar-refractivity contribution in [3.8, 4) is 11.5 Å². The molecule has 178 valence electrons. The van der Waals surface area contributed by atoms with Crippen molar-refractivity contribution in [2.45, 2.75) is 6.61 Å². The normalized spacial score (nSPS) is 15.3. The molecule has 0 bridgehead atoms. The minimum Gasteiger partial charge on any atom is -0.493 e. The molecule has 1 aliphatic heterocycles. The van der Waals surface area contributed by atoms with Crippen LogP contribution in [0.2, 0.25) is 5.02 Å². The second-order valence-electron chi connectivity index (χ2n) is 7.20. The van der Waals surface area contributed by atoms with Gasteiger partial charge in [-0.25, -0.2) is 4.99 Å². The van der Waals surface area contributed by atoms with Crippen LogP contribution in [0.5, 0.6) is 11.5 Å². The van der Waals surface area contributed by atoms with Gasteiger partial charge >= 0.3 is 0 Å². The number of benzene rings is 3. The highest BCUT2D eigenvalue weighted by Crippen LogP contribution is 2.39. The Kier molecular flexibility index (Phi) is 7.74. The highest BCUT2D eigenvalue weighted by molar-refractivity contribution is 9.10. The van der Waals surface area contributed by atoms with Crippen LogP contribution in [-0.4, -0.2) is 23.1 Å². The number of nitrogens with zero attached hydrogens (tertiary/aromatic N) is 2. The molecule has 1 fully saturated rings. The lowest BCUT2D eigenvalue weighted by molar-refractivity contribution is -0.384. The molecular formula is C24H17BrClN3O5S. The van der Waals surface area contributed by atoms with Crippen LogP contribution in [0.3, 0.4) is 0 Å². The maximum atomic E-state index is 12.5. The first-order valence-corrected chi connectivity index (χ1v) is 12.1. The molecule has 1 amide bonds. The number of nitro benzene ring substituents is 1. The lowest BCUT2D eigenvalue weighted by atomic mass is 10.1. The number of amides is 1. The number of non-ortho nitro benzene ring substituents is 1. The Morgan fingerprint density at radius 3 is 2.54 bits per heavy atom. The van der Waals surface area contributed by atoms with Crippen molar-refractivity contribution in [3.05, 3.63) is 96.3 Å². The summed E-state index contributed by atoms with van der Waals surface area (Å²) in [6, 6.07) is 16.7. The van der Waals surface area contributed by atoms with Gasteiger partial charge in [-0.2, -0.15) is 0 Å². The van der Waals surface area contributed by atoms with Crippen LogP contribution in [0.1, 0.15) is 11.1 Å². The second-order valence-corrected chi connectivity index (χ2v) is 9.53. The van der Waals surface area contributed by atoms with Gasteiger partial charge in [0.15, 0.2) is 16.7 Å². The van der Waals surface area contributed by atoms with E-state index in [0.717, 1.165) is 11.1 Å². The first-order chi connectivity index (χ1) is 16.8. The number of methoxy groups -OCH3 is 1. The average molecular weight is 575 g/mol. The summed E-state index contributed by atoms with van der Waals surface area (Å²) in [7, 11) is 1.52. The fourth-order valence-electron chi connectivity index (χ4n) is 3.10. The van der Waals surface area contributed by atoms with Gasteiger partial charge < -0.3 is 14.8 Å². The molecule has 1 heterocycles. The number of hydrogen-bond donors (Lipinski definition) is 1. The van der Waals surface area contributed by atoms with Gasteiger partial charge in [0.2, 0.25) is 0 Å². The van der Waals surface area contributed by atoms with Crippen molar-refractivity contribution in [1.29, 1.82) is 0 Å². The molecule has 0 aliphatic carbocycles. The summed E-state index contributed by atoms with van der Waals surface area (Å²) in [6.07, 6.45) is 1.73. The number of carbonyl (C=O) groups is 1. The van der Waals surface area contributed by atoms with E-state index in [4.69, 9.17) is 21.1 Å². The zero-order chi connectivity index (χ0) is 24.9. The third-order valence-electron chi connectivity index (χ3n) is 4.79. The van der Waals surface area contributed by atoms with Crippen LogP contribution >= 0.6 is 39.3 Å². The van der Waals surface area contributed by atoms with Crippen LogP contribution in [0.25, 0.3) is 6.08 Å². The van der Waals surface area contributed by atoms with Gasteiger partial charge in [-0.05, 0) is 93.4 Å². The third-order valence-corrected chi connectivity index (χ3v) is 6.54. The van der Waals surface area contributed by atoms with E-state index in [1.807, 2.05) is 6.07 Å². The lowest BCUT2D eigenvalue weighted by Gasteiger charge is -2.14. The van der Waals surface area contributed by atoms with Crippen LogP contribution in [0, 0.1) is 10.1 Å². The molecule has 0 atom stereocenters. The van der Waals surface area contributed by atoms with Gasteiger partial charge in [-0.1, -0.05) is 11.6 Å². The molecule has 0 spiro atoms.